The average molecular weight is 219 g/mol. The highest BCUT2D eigenvalue weighted by Crippen LogP contribution is 2.22. The Balaban J connectivity index is 2.00. The zero-order valence-electron chi connectivity index (χ0n) is 10.4. The maximum atomic E-state index is 5.90. The van der Waals surface area contributed by atoms with Crippen molar-refractivity contribution in [2.45, 2.75) is 39.0 Å². The van der Waals surface area contributed by atoms with Crippen molar-refractivity contribution in [3.05, 3.63) is 35.9 Å². The molecule has 0 saturated carbocycles. The van der Waals surface area contributed by atoms with Crippen molar-refractivity contribution in [1.29, 1.82) is 0 Å². The van der Waals surface area contributed by atoms with Crippen LogP contribution in [-0.4, -0.2) is 29.7 Å². The molecule has 1 saturated heterocycles. The molecule has 88 valence electrons. The van der Waals surface area contributed by atoms with Gasteiger partial charge in [0.05, 0.1) is 11.7 Å². The van der Waals surface area contributed by atoms with Crippen molar-refractivity contribution in [3.63, 3.8) is 0 Å². The molecule has 0 aliphatic carbocycles. The molecule has 16 heavy (non-hydrogen) atoms. The number of nitrogens with zero attached hydrogens (tertiary/aromatic N) is 1. The molecule has 1 fully saturated rings. The van der Waals surface area contributed by atoms with E-state index in [0.29, 0.717) is 6.10 Å². The monoisotopic (exact) mass is 219 g/mol. The van der Waals surface area contributed by atoms with Gasteiger partial charge in [0.1, 0.15) is 0 Å². The first-order valence-electron chi connectivity index (χ1n) is 5.99. The summed E-state index contributed by atoms with van der Waals surface area (Å²) in [5, 5.41) is 0. The molecule has 1 aromatic carbocycles. The quantitative estimate of drug-likeness (QED) is 0.758. The standard InChI is InChI=1S/C14H21NO/c1-12-9-15(11-14(2,3)16-12)10-13-7-5-4-6-8-13/h4-8,12H,9-11H2,1-3H3. The minimum atomic E-state index is -0.0214. The van der Waals surface area contributed by atoms with Crippen LogP contribution < -0.4 is 0 Å². The molecule has 1 atom stereocenters. The number of ether oxygens (including phenoxy) is 1. The van der Waals surface area contributed by atoms with Crippen LogP contribution in [0.2, 0.25) is 0 Å². The van der Waals surface area contributed by atoms with Crippen LogP contribution in [-0.2, 0) is 11.3 Å². The maximum Gasteiger partial charge on any atom is 0.0757 e. The summed E-state index contributed by atoms with van der Waals surface area (Å²) in [4.78, 5) is 2.48. The Kier molecular flexibility index (Phi) is 3.31. The van der Waals surface area contributed by atoms with Gasteiger partial charge in [0.25, 0.3) is 0 Å². The summed E-state index contributed by atoms with van der Waals surface area (Å²) in [6.45, 7) is 9.54. The number of hydrogen-bond donors (Lipinski definition) is 0. The molecule has 0 amide bonds. The highest BCUT2D eigenvalue weighted by molar-refractivity contribution is 5.14. The van der Waals surface area contributed by atoms with E-state index < -0.39 is 0 Å². The van der Waals surface area contributed by atoms with Crippen LogP contribution in [0.25, 0.3) is 0 Å². The SMILES string of the molecule is CC1CN(Cc2ccccc2)CC(C)(C)O1. The molecule has 0 aromatic heterocycles. The smallest absolute Gasteiger partial charge is 0.0757 e. The second-order valence-electron chi connectivity index (χ2n) is 5.34. The molecule has 0 N–H and O–H groups in total. The summed E-state index contributed by atoms with van der Waals surface area (Å²) >= 11 is 0. The molecule has 1 heterocycles. The Labute approximate surface area is 98.2 Å². The van der Waals surface area contributed by atoms with E-state index in [2.05, 4.69) is 56.0 Å². The summed E-state index contributed by atoms with van der Waals surface area (Å²) in [5.41, 5.74) is 1.36. The third-order valence-corrected chi connectivity index (χ3v) is 2.89. The lowest BCUT2D eigenvalue weighted by molar-refractivity contribution is -0.130. The Morgan fingerprint density at radius 2 is 2.00 bits per heavy atom. The average Bonchev–Trinajstić information content (AvgIpc) is 2.15. The van der Waals surface area contributed by atoms with E-state index in [1.165, 1.54) is 5.56 Å². The second kappa shape index (κ2) is 4.56. The van der Waals surface area contributed by atoms with E-state index in [4.69, 9.17) is 4.74 Å². The Bertz CT molecular complexity index is 334. The third-order valence-electron chi connectivity index (χ3n) is 2.89. The van der Waals surface area contributed by atoms with Gasteiger partial charge in [-0.05, 0) is 26.3 Å². The van der Waals surface area contributed by atoms with Gasteiger partial charge in [0.2, 0.25) is 0 Å². The number of benzene rings is 1. The Morgan fingerprint density at radius 3 is 2.62 bits per heavy atom. The number of hydrogen-bond acceptors (Lipinski definition) is 2. The predicted molar refractivity (Wildman–Crippen MR) is 66.3 cm³/mol. The van der Waals surface area contributed by atoms with Crippen LogP contribution in [0, 0.1) is 0 Å². The first-order chi connectivity index (χ1) is 7.55. The molecule has 0 spiro atoms. The first kappa shape index (κ1) is 11.6. The molecule has 1 aromatic rings. The molecular formula is C14H21NO. The van der Waals surface area contributed by atoms with Gasteiger partial charge in [-0.25, -0.2) is 0 Å². The van der Waals surface area contributed by atoms with Gasteiger partial charge in [-0.3, -0.25) is 4.90 Å². The minimum Gasteiger partial charge on any atom is -0.370 e. The lowest BCUT2D eigenvalue weighted by Gasteiger charge is -2.41. The summed E-state index contributed by atoms with van der Waals surface area (Å²) in [5.74, 6) is 0. The van der Waals surface area contributed by atoms with Gasteiger partial charge in [0.15, 0.2) is 0 Å². The van der Waals surface area contributed by atoms with Crippen LogP contribution in [0.5, 0.6) is 0 Å². The summed E-state index contributed by atoms with van der Waals surface area (Å²) in [6, 6.07) is 10.6. The topological polar surface area (TPSA) is 12.5 Å². The zero-order valence-corrected chi connectivity index (χ0v) is 10.4. The van der Waals surface area contributed by atoms with E-state index in [-0.39, 0.29) is 5.60 Å². The van der Waals surface area contributed by atoms with E-state index in [1.807, 2.05) is 0 Å². The van der Waals surface area contributed by atoms with Crippen LogP contribution in [0.4, 0.5) is 0 Å². The summed E-state index contributed by atoms with van der Waals surface area (Å²) in [6.07, 6.45) is 0.326. The number of rotatable bonds is 2. The van der Waals surface area contributed by atoms with E-state index in [9.17, 15) is 0 Å². The fraction of sp³-hybridized carbons (Fsp3) is 0.571. The maximum absolute atomic E-state index is 5.90. The molecular weight excluding hydrogens is 198 g/mol. The first-order valence-corrected chi connectivity index (χ1v) is 5.99. The predicted octanol–water partition coefficient (Wildman–Crippen LogP) is 2.69. The van der Waals surface area contributed by atoms with Crippen LogP contribution in [0.1, 0.15) is 26.3 Å². The van der Waals surface area contributed by atoms with Crippen molar-refractivity contribution in [2.75, 3.05) is 13.1 Å². The largest absolute Gasteiger partial charge is 0.370 e. The van der Waals surface area contributed by atoms with Crippen molar-refractivity contribution in [1.82, 2.24) is 4.90 Å². The fourth-order valence-corrected chi connectivity index (χ4v) is 2.55. The van der Waals surface area contributed by atoms with E-state index in [0.717, 1.165) is 19.6 Å². The van der Waals surface area contributed by atoms with Gasteiger partial charge < -0.3 is 4.74 Å². The van der Waals surface area contributed by atoms with E-state index >= 15 is 0 Å². The highest BCUT2D eigenvalue weighted by Gasteiger charge is 2.30. The highest BCUT2D eigenvalue weighted by atomic mass is 16.5. The zero-order chi connectivity index (χ0) is 11.6. The fourth-order valence-electron chi connectivity index (χ4n) is 2.55. The molecule has 2 heteroatoms. The van der Waals surface area contributed by atoms with Crippen LogP contribution >= 0.6 is 0 Å². The van der Waals surface area contributed by atoms with Crippen molar-refractivity contribution in [3.8, 4) is 0 Å². The Hall–Kier alpha value is -0.860. The molecule has 2 nitrogen and oxygen atoms in total. The van der Waals surface area contributed by atoms with Gasteiger partial charge in [0, 0.05) is 19.6 Å². The van der Waals surface area contributed by atoms with Crippen molar-refractivity contribution >= 4 is 0 Å². The second-order valence-corrected chi connectivity index (χ2v) is 5.34. The lowest BCUT2D eigenvalue weighted by Crippen LogP contribution is -2.51. The van der Waals surface area contributed by atoms with Crippen LogP contribution in [0.3, 0.4) is 0 Å². The van der Waals surface area contributed by atoms with E-state index in [1.54, 1.807) is 0 Å². The Morgan fingerprint density at radius 1 is 1.31 bits per heavy atom. The van der Waals surface area contributed by atoms with Crippen molar-refractivity contribution < 1.29 is 4.74 Å². The van der Waals surface area contributed by atoms with Gasteiger partial charge in [-0.1, -0.05) is 30.3 Å². The van der Waals surface area contributed by atoms with Crippen molar-refractivity contribution in [2.24, 2.45) is 0 Å². The molecule has 1 aliphatic rings. The third kappa shape index (κ3) is 3.06. The van der Waals surface area contributed by atoms with Gasteiger partial charge in [-0.15, -0.1) is 0 Å². The molecule has 1 aliphatic heterocycles. The van der Waals surface area contributed by atoms with Crippen LogP contribution in [0.15, 0.2) is 30.3 Å². The molecule has 1 unspecified atom stereocenters. The number of morpholine rings is 1. The minimum absolute atomic E-state index is 0.0214. The van der Waals surface area contributed by atoms with Gasteiger partial charge >= 0.3 is 0 Å². The molecule has 0 radical (unpaired) electrons. The normalized spacial score (nSPS) is 25.6. The lowest BCUT2D eigenvalue weighted by atomic mass is 10.0. The summed E-state index contributed by atoms with van der Waals surface area (Å²) in [7, 11) is 0. The summed E-state index contributed by atoms with van der Waals surface area (Å²) < 4.78 is 5.90. The molecule has 0 bridgehead atoms. The van der Waals surface area contributed by atoms with Gasteiger partial charge in [-0.2, -0.15) is 0 Å². The molecule has 2 rings (SSSR count).